The number of nitrogens with one attached hydrogen (secondary N) is 3. The Morgan fingerprint density at radius 3 is 2.25 bits per heavy atom. The molecule has 0 unspecified atom stereocenters. The average molecular weight is 323 g/mol. The summed E-state index contributed by atoms with van der Waals surface area (Å²) >= 11 is 0. The second-order valence-electron chi connectivity index (χ2n) is 5.35. The first-order valence-corrected chi connectivity index (χ1v) is 7.41. The van der Waals surface area contributed by atoms with Gasteiger partial charge >= 0.3 is 0 Å². The van der Waals surface area contributed by atoms with Crippen LogP contribution in [0, 0.1) is 0 Å². The van der Waals surface area contributed by atoms with Crippen LogP contribution in [-0.4, -0.2) is 23.9 Å². The SMILES string of the molecule is COc1ccc2[nH]c(C(=O)Nc3ccc(NC(C)=O)cc3)cc2c1. The Labute approximate surface area is 138 Å². The monoisotopic (exact) mass is 323 g/mol. The van der Waals surface area contributed by atoms with Crippen LogP contribution in [0.5, 0.6) is 5.75 Å². The Bertz CT molecular complexity index is 898. The number of anilines is 2. The number of ether oxygens (including phenoxy) is 1. The van der Waals surface area contributed by atoms with Crippen LogP contribution in [0.25, 0.3) is 10.9 Å². The molecule has 0 spiro atoms. The van der Waals surface area contributed by atoms with Crippen molar-refractivity contribution in [3.63, 3.8) is 0 Å². The quantitative estimate of drug-likeness (QED) is 0.688. The van der Waals surface area contributed by atoms with Crippen molar-refractivity contribution >= 4 is 34.1 Å². The molecule has 3 rings (SSSR count). The zero-order chi connectivity index (χ0) is 17.1. The Kier molecular flexibility index (Phi) is 4.20. The number of carbonyl (C=O) groups excluding carboxylic acids is 2. The van der Waals surface area contributed by atoms with Crippen LogP contribution in [0.15, 0.2) is 48.5 Å². The van der Waals surface area contributed by atoms with Gasteiger partial charge in [0.05, 0.1) is 7.11 Å². The highest BCUT2D eigenvalue weighted by molar-refractivity contribution is 6.06. The third kappa shape index (κ3) is 3.38. The van der Waals surface area contributed by atoms with E-state index in [9.17, 15) is 9.59 Å². The zero-order valence-corrected chi connectivity index (χ0v) is 13.3. The van der Waals surface area contributed by atoms with Gasteiger partial charge in [0.1, 0.15) is 11.4 Å². The molecule has 6 heteroatoms. The number of H-pyrrole nitrogens is 1. The van der Waals surface area contributed by atoms with Gasteiger partial charge in [0.25, 0.3) is 5.91 Å². The lowest BCUT2D eigenvalue weighted by Gasteiger charge is -2.06. The molecular formula is C18H17N3O3. The molecule has 0 saturated carbocycles. The summed E-state index contributed by atoms with van der Waals surface area (Å²) in [6, 6.07) is 14.3. The van der Waals surface area contributed by atoms with Gasteiger partial charge in [-0.1, -0.05) is 0 Å². The van der Waals surface area contributed by atoms with E-state index in [-0.39, 0.29) is 11.8 Å². The van der Waals surface area contributed by atoms with Crippen molar-refractivity contribution in [1.82, 2.24) is 4.98 Å². The summed E-state index contributed by atoms with van der Waals surface area (Å²) in [5.74, 6) is 0.361. The van der Waals surface area contributed by atoms with Gasteiger partial charge in [-0.3, -0.25) is 9.59 Å². The minimum absolute atomic E-state index is 0.139. The van der Waals surface area contributed by atoms with E-state index in [2.05, 4.69) is 15.6 Å². The maximum Gasteiger partial charge on any atom is 0.272 e. The summed E-state index contributed by atoms with van der Waals surface area (Å²) in [4.78, 5) is 26.4. The van der Waals surface area contributed by atoms with Crippen molar-refractivity contribution in [3.8, 4) is 5.75 Å². The molecule has 0 aliphatic heterocycles. The molecule has 0 fully saturated rings. The molecule has 2 amide bonds. The van der Waals surface area contributed by atoms with E-state index in [1.807, 2.05) is 18.2 Å². The molecule has 0 radical (unpaired) electrons. The number of carbonyl (C=O) groups is 2. The lowest BCUT2D eigenvalue weighted by atomic mass is 10.2. The largest absolute Gasteiger partial charge is 0.497 e. The lowest BCUT2D eigenvalue weighted by Crippen LogP contribution is -2.12. The fourth-order valence-electron chi connectivity index (χ4n) is 2.40. The molecule has 6 nitrogen and oxygen atoms in total. The van der Waals surface area contributed by atoms with Crippen molar-refractivity contribution in [2.24, 2.45) is 0 Å². The number of fused-ring (bicyclic) bond motifs is 1. The normalized spacial score (nSPS) is 10.4. The molecule has 1 aromatic heterocycles. The molecule has 122 valence electrons. The molecule has 1 heterocycles. The summed E-state index contributed by atoms with van der Waals surface area (Å²) in [7, 11) is 1.60. The van der Waals surface area contributed by atoms with Crippen molar-refractivity contribution in [2.75, 3.05) is 17.7 Å². The first-order valence-electron chi connectivity index (χ1n) is 7.41. The third-order valence-corrected chi connectivity index (χ3v) is 3.54. The summed E-state index contributed by atoms with van der Waals surface area (Å²) in [6.07, 6.45) is 0. The lowest BCUT2D eigenvalue weighted by molar-refractivity contribution is -0.114. The van der Waals surface area contributed by atoms with Crippen molar-refractivity contribution < 1.29 is 14.3 Å². The zero-order valence-electron chi connectivity index (χ0n) is 13.3. The molecule has 0 aliphatic rings. The molecule has 24 heavy (non-hydrogen) atoms. The van der Waals surface area contributed by atoms with Gasteiger partial charge in [0.2, 0.25) is 5.91 Å². The molecule has 2 aromatic carbocycles. The minimum atomic E-state index is -0.238. The molecular weight excluding hydrogens is 306 g/mol. The van der Waals surface area contributed by atoms with Crippen LogP contribution < -0.4 is 15.4 Å². The number of amides is 2. The van der Waals surface area contributed by atoms with Gasteiger partial charge < -0.3 is 20.4 Å². The van der Waals surface area contributed by atoms with Gasteiger partial charge in [-0.15, -0.1) is 0 Å². The number of aromatic nitrogens is 1. The van der Waals surface area contributed by atoms with Gasteiger partial charge in [0.15, 0.2) is 0 Å². The molecule has 0 bridgehead atoms. The fourth-order valence-corrected chi connectivity index (χ4v) is 2.40. The van der Waals surface area contributed by atoms with E-state index in [1.54, 1.807) is 37.4 Å². The van der Waals surface area contributed by atoms with Crippen LogP contribution >= 0.6 is 0 Å². The molecule has 0 aliphatic carbocycles. The van der Waals surface area contributed by atoms with Crippen LogP contribution in [0.1, 0.15) is 17.4 Å². The van der Waals surface area contributed by atoms with Crippen LogP contribution in [0.2, 0.25) is 0 Å². The topological polar surface area (TPSA) is 83.2 Å². The molecule has 3 N–H and O–H groups in total. The fraction of sp³-hybridized carbons (Fsp3) is 0.111. The summed E-state index contributed by atoms with van der Waals surface area (Å²) < 4.78 is 5.18. The third-order valence-electron chi connectivity index (χ3n) is 3.54. The summed E-state index contributed by atoms with van der Waals surface area (Å²) in [5.41, 5.74) is 2.65. The predicted molar refractivity (Wildman–Crippen MR) is 93.5 cm³/mol. The Morgan fingerprint density at radius 2 is 1.62 bits per heavy atom. The van der Waals surface area contributed by atoms with Crippen molar-refractivity contribution in [3.05, 3.63) is 54.2 Å². The van der Waals surface area contributed by atoms with E-state index >= 15 is 0 Å². The van der Waals surface area contributed by atoms with Crippen LogP contribution in [0.3, 0.4) is 0 Å². The van der Waals surface area contributed by atoms with E-state index in [0.717, 1.165) is 16.7 Å². The van der Waals surface area contributed by atoms with E-state index < -0.39 is 0 Å². The highest BCUT2D eigenvalue weighted by Gasteiger charge is 2.10. The standard InChI is InChI=1S/C18H17N3O3/c1-11(22)19-13-3-5-14(6-4-13)20-18(23)17-10-12-9-15(24-2)7-8-16(12)21-17/h3-10,21H,1-2H3,(H,19,22)(H,20,23). The average Bonchev–Trinajstić information content (AvgIpc) is 2.99. The number of rotatable bonds is 4. The summed E-state index contributed by atoms with van der Waals surface area (Å²) in [5, 5.41) is 6.39. The van der Waals surface area contributed by atoms with Gasteiger partial charge in [-0.25, -0.2) is 0 Å². The number of hydrogen-bond acceptors (Lipinski definition) is 3. The van der Waals surface area contributed by atoms with Crippen molar-refractivity contribution in [1.29, 1.82) is 0 Å². The number of aromatic amines is 1. The van der Waals surface area contributed by atoms with Crippen LogP contribution in [0.4, 0.5) is 11.4 Å². The predicted octanol–water partition coefficient (Wildman–Crippen LogP) is 3.39. The maximum absolute atomic E-state index is 12.4. The first kappa shape index (κ1) is 15.6. The maximum atomic E-state index is 12.4. The Balaban J connectivity index is 1.75. The minimum Gasteiger partial charge on any atom is -0.497 e. The molecule has 0 saturated heterocycles. The Hall–Kier alpha value is -3.28. The Morgan fingerprint density at radius 1 is 0.958 bits per heavy atom. The second kappa shape index (κ2) is 6.45. The molecule has 0 atom stereocenters. The van der Waals surface area contributed by atoms with Gasteiger partial charge in [-0.05, 0) is 48.5 Å². The smallest absolute Gasteiger partial charge is 0.272 e. The number of methoxy groups -OCH3 is 1. The summed E-state index contributed by atoms with van der Waals surface area (Å²) in [6.45, 7) is 1.45. The number of hydrogen-bond donors (Lipinski definition) is 3. The van der Waals surface area contributed by atoms with Gasteiger partial charge in [-0.2, -0.15) is 0 Å². The van der Waals surface area contributed by atoms with Gasteiger partial charge in [0, 0.05) is 29.2 Å². The number of benzene rings is 2. The van der Waals surface area contributed by atoms with Crippen molar-refractivity contribution in [2.45, 2.75) is 6.92 Å². The second-order valence-corrected chi connectivity index (χ2v) is 5.35. The van der Waals surface area contributed by atoms with Crippen LogP contribution in [-0.2, 0) is 4.79 Å². The highest BCUT2D eigenvalue weighted by Crippen LogP contribution is 2.22. The first-order chi connectivity index (χ1) is 11.5. The van der Waals surface area contributed by atoms with E-state index in [4.69, 9.17) is 4.74 Å². The molecule has 3 aromatic rings. The highest BCUT2D eigenvalue weighted by atomic mass is 16.5. The van der Waals surface area contributed by atoms with E-state index in [0.29, 0.717) is 17.1 Å². The van der Waals surface area contributed by atoms with E-state index in [1.165, 1.54) is 6.92 Å².